The molecule has 0 radical (unpaired) electrons. The van der Waals surface area contributed by atoms with Gasteiger partial charge in [0.15, 0.2) is 5.78 Å². The Bertz CT molecular complexity index is 246. The second kappa shape index (κ2) is 6.14. The number of ether oxygens (including phenoxy) is 1. The van der Waals surface area contributed by atoms with Crippen LogP contribution in [0.1, 0.15) is 58.8 Å². The van der Waals surface area contributed by atoms with E-state index in [9.17, 15) is 9.59 Å². The highest BCUT2D eigenvalue weighted by Gasteiger charge is 2.39. The number of Topliss-reactive ketones (excluding diaryl/α,β-unsaturated/α-hetero) is 1. The Hall–Kier alpha value is -0.700. The van der Waals surface area contributed by atoms with E-state index < -0.39 is 5.60 Å². The van der Waals surface area contributed by atoms with Gasteiger partial charge in [-0.25, -0.2) is 0 Å². The van der Waals surface area contributed by atoms with Crippen molar-refractivity contribution in [2.24, 2.45) is 0 Å². The smallest absolute Gasteiger partial charge is 0.166 e. The van der Waals surface area contributed by atoms with E-state index in [-0.39, 0.29) is 11.9 Å². The zero-order valence-corrected chi connectivity index (χ0v) is 10.3. The molecule has 1 saturated heterocycles. The number of carbonyl (C=O) groups excluding carboxylic acids is 2. The number of carbonyl (C=O) groups is 2. The van der Waals surface area contributed by atoms with E-state index in [1.54, 1.807) is 0 Å². The summed E-state index contributed by atoms with van der Waals surface area (Å²) in [6.45, 7) is 3.69. The summed E-state index contributed by atoms with van der Waals surface area (Å²) >= 11 is 0. The van der Waals surface area contributed by atoms with E-state index in [1.165, 1.54) is 0 Å². The van der Waals surface area contributed by atoms with Crippen molar-refractivity contribution in [2.75, 3.05) is 0 Å². The van der Waals surface area contributed by atoms with Crippen molar-refractivity contribution in [1.82, 2.24) is 0 Å². The van der Waals surface area contributed by atoms with Crippen LogP contribution in [0.3, 0.4) is 0 Å². The molecule has 16 heavy (non-hydrogen) atoms. The summed E-state index contributed by atoms with van der Waals surface area (Å²) in [4.78, 5) is 21.6. The van der Waals surface area contributed by atoms with Crippen molar-refractivity contribution < 1.29 is 14.3 Å². The Kier molecular flexibility index (Phi) is 5.13. The molecule has 0 aromatic carbocycles. The van der Waals surface area contributed by atoms with Crippen LogP contribution in [0, 0.1) is 0 Å². The molecule has 1 heterocycles. The van der Waals surface area contributed by atoms with Crippen molar-refractivity contribution in [3.05, 3.63) is 0 Å². The summed E-state index contributed by atoms with van der Waals surface area (Å²) in [6, 6.07) is 0. The Balaban J connectivity index is 2.07. The lowest BCUT2D eigenvalue weighted by Gasteiger charge is -2.17. The molecule has 92 valence electrons. The van der Waals surface area contributed by atoms with Crippen molar-refractivity contribution in [3.8, 4) is 0 Å². The van der Waals surface area contributed by atoms with Gasteiger partial charge in [-0.15, -0.1) is 0 Å². The Morgan fingerprint density at radius 1 is 1.31 bits per heavy atom. The summed E-state index contributed by atoms with van der Waals surface area (Å²) < 4.78 is 5.68. The van der Waals surface area contributed by atoms with Gasteiger partial charge < -0.3 is 9.53 Å². The van der Waals surface area contributed by atoms with Crippen LogP contribution in [-0.2, 0) is 14.3 Å². The van der Waals surface area contributed by atoms with Crippen LogP contribution < -0.4 is 0 Å². The minimum atomic E-state index is -0.567. The lowest BCUT2D eigenvalue weighted by atomic mass is 10.0. The van der Waals surface area contributed by atoms with Crippen LogP contribution in [0.15, 0.2) is 0 Å². The summed E-state index contributed by atoms with van der Waals surface area (Å²) in [7, 11) is 0. The normalized spacial score (nSPS) is 23.6. The number of unbranched alkanes of at least 4 members (excludes halogenated alkanes) is 4. The van der Waals surface area contributed by atoms with Crippen molar-refractivity contribution in [1.29, 1.82) is 0 Å². The number of hydrogen-bond donors (Lipinski definition) is 0. The molecule has 0 amide bonds. The summed E-state index contributed by atoms with van der Waals surface area (Å²) in [5.74, 6) is 0.221. The van der Waals surface area contributed by atoms with Crippen molar-refractivity contribution >= 4 is 12.1 Å². The molecule has 0 spiro atoms. The van der Waals surface area contributed by atoms with E-state index in [4.69, 9.17) is 4.74 Å². The van der Waals surface area contributed by atoms with Crippen LogP contribution in [-0.4, -0.2) is 23.8 Å². The van der Waals surface area contributed by atoms with Crippen LogP contribution in [0.25, 0.3) is 0 Å². The van der Waals surface area contributed by atoms with Gasteiger partial charge in [-0.2, -0.15) is 0 Å². The lowest BCUT2D eigenvalue weighted by Crippen LogP contribution is -2.27. The third-order valence-electron chi connectivity index (χ3n) is 3.14. The first-order valence-electron chi connectivity index (χ1n) is 6.21. The Morgan fingerprint density at radius 2 is 2.00 bits per heavy atom. The molecule has 1 aliphatic heterocycles. The van der Waals surface area contributed by atoms with Crippen molar-refractivity contribution in [2.45, 2.75) is 70.5 Å². The highest BCUT2D eigenvalue weighted by molar-refractivity contribution is 5.88. The molecule has 0 aromatic rings. The highest BCUT2D eigenvalue weighted by atomic mass is 16.5. The molecule has 3 heteroatoms. The van der Waals surface area contributed by atoms with E-state index in [0.717, 1.165) is 38.4 Å². The molecule has 1 fully saturated rings. The van der Waals surface area contributed by atoms with Crippen LogP contribution in [0.4, 0.5) is 0 Å². The fourth-order valence-corrected chi connectivity index (χ4v) is 2.09. The van der Waals surface area contributed by atoms with Crippen molar-refractivity contribution in [3.63, 3.8) is 0 Å². The Morgan fingerprint density at radius 3 is 2.56 bits per heavy atom. The van der Waals surface area contributed by atoms with Gasteiger partial charge in [0.05, 0.1) is 6.10 Å². The molecule has 1 rings (SSSR count). The van der Waals surface area contributed by atoms with Gasteiger partial charge >= 0.3 is 0 Å². The first-order valence-corrected chi connectivity index (χ1v) is 6.21. The SMILES string of the molecule is CC1(C)OC(CCCCCCC=O)CC1=O. The monoisotopic (exact) mass is 226 g/mol. The molecular weight excluding hydrogens is 204 g/mol. The third kappa shape index (κ3) is 4.05. The Labute approximate surface area is 97.5 Å². The molecule has 0 N–H and O–H groups in total. The predicted octanol–water partition coefficient (Wildman–Crippen LogP) is 2.66. The van der Waals surface area contributed by atoms with Gasteiger partial charge in [0.1, 0.15) is 11.9 Å². The van der Waals surface area contributed by atoms with Gasteiger partial charge in [0.25, 0.3) is 0 Å². The molecule has 1 aliphatic rings. The van der Waals surface area contributed by atoms with Gasteiger partial charge in [0, 0.05) is 12.8 Å². The quantitative estimate of drug-likeness (QED) is 0.495. The summed E-state index contributed by atoms with van der Waals surface area (Å²) in [5.41, 5.74) is -0.567. The first-order chi connectivity index (χ1) is 7.56. The van der Waals surface area contributed by atoms with Crippen LogP contribution >= 0.6 is 0 Å². The number of aldehydes is 1. The molecule has 0 aliphatic carbocycles. The third-order valence-corrected chi connectivity index (χ3v) is 3.14. The molecule has 1 atom stereocenters. The predicted molar refractivity (Wildman–Crippen MR) is 62.3 cm³/mol. The van der Waals surface area contributed by atoms with Crippen LogP contribution in [0.5, 0.6) is 0 Å². The summed E-state index contributed by atoms with van der Waals surface area (Å²) in [6.07, 6.45) is 7.61. The van der Waals surface area contributed by atoms with Gasteiger partial charge in [-0.3, -0.25) is 4.79 Å². The van der Waals surface area contributed by atoms with Gasteiger partial charge in [-0.05, 0) is 26.7 Å². The van der Waals surface area contributed by atoms with Gasteiger partial charge in [-0.1, -0.05) is 19.3 Å². The van der Waals surface area contributed by atoms with Gasteiger partial charge in [0.2, 0.25) is 0 Å². The molecule has 3 nitrogen and oxygen atoms in total. The molecular formula is C13H22O3. The minimum absolute atomic E-state index is 0.119. The molecule has 0 saturated carbocycles. The van der Waals surface area contributed by atoms with E-state index in [1.807, 2.05) is 13.8 Å². The fourth-order valence-electron chi connectivity index (χ4n) is 2.09. The second-order valence-corrected chi connectivity index (χ2v) is 5.04. The standard InChI is InChI=1S/C13H22O3/c1-13(2)12(15)10-11(16-13)8-6-4-3-5-7-9-14/h9,11H,3-8,10H2,1-2H3. The maximum atomic E-state index is 11.5. The molecule has 0 aromatic heterocycles. The topological polar surface area (TPSA) is 43.4 Å². The maximum Gasteiger partial charge on any atom is 0.166 e. The molecule has 1 unspecified atom stereocenters. The van der Waals surface area contributed by atoms with E-state index in [2.05, 4.69) is 0 Å². The van der Waals surface area contributed by atoms with E-state index in [0.29, 0.717) is 12.8 Å². The minimum Gasteiger partial charge on any atom is -0.364 e. The lowest BCUT2D eigenvalue weighted by molar-refractivity contribution is -0.129. The number of rotatable bonds is 7. The average molecular weight is 226 g/mol. The summed E-state index contributed by atoms with van der Waals surface area (Å²) in [5, 5.41) is 0. The number of ketones is 1. The first kappa shape index (κ1) is 13.4. The molecule has 0 bridgehead atoms. The fraction of sp³-hybridized carbons (Fsp3) is 0.846. The average Bonchev–Trinajstić information content (AvgIpc) is 2.47. The highest BCUT2D eigenvalue weighted by Crippen LogP contribution is 2.28. The maximum absolute atomic E-state index is 11.5. The zero-order valence-electron chi connectivity index (χ0n) is 10.3. The number of hydrogen-bond acceptors (Lipinski definition) is 3. The van der Waals surface area contributed by atoms with Crippen LogP contribution in [0.2, 0.25) is 0 Å². The largest absolute Gasteiger partial charge is 0.364 e. The second-order valence-electron chi connectivity index (χ2n) is 5.04. The zero-order chi connectivity index (χ0) is 12.0. The van der Waals surface area contributed by atoms with E-state index >= 15 is 0 Å².